The summed E-state index contributed by atoms with van der Waals surface area (Å²) < 4.78 is 13.1. The Hall–Kier alpha value is -4.22. The van der Waals surface area contributed by atoms with Crippen molar-refractivity contribution in [2.75, 3.05) is 26.3 Å². The molecule has 196 valence electrons. The molecule has 0 aliphatic carbocycles. The summed E-state index contributed by atoms with van der Waals surface area (Å²) in [5, 5.41) is 14.5. The van der Waals surface area contributed by atoms with Crippen molar-refractivity contribution in [1.29, 1.82) is 0 Å². The van der Waals surface area contributed by atoms with Crippen molar-refractivity contribution >= 4 is 11.0 Å². The van der Waals surface area contributed by atoms with E-state index in [1.165, 1.54) is 5.56 Å². The molecule has 5 aromatic rings. The third kappa shape index (κ3) is 5.79. The molecular formula is C32H30N4O3. The highest BCUT2D eigenvalue weighted by Crippen LogP contribution is 2.25. The fraction of sp³-hybridized carbons (Fsp3) is 0.250. The van der Waals surface area contributed by atoms with Gasteiger partial charge in [-0.1, -0.05) is 41.3 Å². The Labute approximate surface area is 227 Å². The largest absolute Gasteiger partial charge is 0.385 e. The summed E-state index contributed by atoms with van der Waals surface area (Å²) in [5.74, 6) is 7.80. The molecule has 0 bridgehead atoms. The van der Waals surface area contributed by atoms with Gasteiger partial charge in [-0.2, -0.15) is 0 Å². The molecule has 7 nitrogen and oxygen atoms in total. The maximum absolute atomic E-state index is 10.2. The zero-order chi connectivity index (χ0) is 26.6. The number of morpholine rings is 1. The van der Waals surface area contributed by atoms with E-state index in [4.69, 9.17) is 9.26 Å². The Morgan fingerprint density at radius 1 is 0.897 bits per heavy atom. The molecule has 1 aliphatic rings. The quantitative estimate of drug-likeness (QED) is 0.318. The number of aromatic nitrogens is 3. The molecule has 1 fully saturated rings. The lowest BCUT2D eigenvalue weighted by molar-refractivity contribution is 0.0342. The van der Waals surface area contributed by atoms with Crippen molar-refractivity contribution in [2.24, 2.45) is 0 Å². The second-order valence-corrected chi connectivity index (χ2v) is 9.82. The number of benzene rings is 3. The minimum absolute atomic E-state index is 0.457. The zero-order valence-electron chi connectivity index (χ0n) is 21.9. The molecule has 7 heteroatoms. The normalized spacial score (nSPS) is 14.7. The van der Waals surface area contributed by atoms with Crippen LogP contribution in [0.1, 0.15) is 41.2 Å². The second-order valence-electron chi connectivity index (χ2n) is 9.82. The Bertz CT molecular complexity index is 1620. The Kier molecular flexibility index (Phi) is 7.24. The number of aliphatic hydroxyl groups is 1. The Morgan fingerprint density at radius 3 is 2.31 bits per heavy atom. The van der Waals surface area contributed by atoms with Crippen LogP contribution in [0, 0.1) is 11.8 Å². The topological polar surface area (TPSA) is 76.6 Å². The van der Waals surface area contributed by atoms with Gasteiger partial charge in [0, 0.05) is 42.4 Å². The van der Waals surface area contributed by atoms with Crippen LogP contribution < -0.4 is 0 Å². The molecule has 1 N–H and O–H groups in total. The van der Waals surface area contributed by atoms with Crippen LogP contribution in [-0.4, -0.2) is 51.0 Å². The molecular weight excluding hydrogens is 488 g/mol. The van der Waals surface area contributed by atoms with Gasteiger partial charge in [0.15, 0.2) is 5.76 Å². The number of imidazole rings is 1. The number of rotatable bonds is 6. The number of hydrogen-bond donors (Lipinski definition) is 1. The van der Waals surface area contributed by atoms with Crippen LogP contribution in [0.4, 0.5) is 0 Å². The second kappa shape index (κ2) is 11.3. The van der Waals surface area contributed by atoms with Gasteiger partial charge in [0.25, 0.3) is 0 Å². The van der Waals surface area contributed by atoms with E-state index in [9.17, 15) is 5.11 Å². The van der Waals surface area contributed by atoms with Gasteiger partial charge in [-0.25, -0.2) is 4.98 Å². The molecule has 2 aromatic heterocycles. The summed E-state index contributed by atoms with van der Waals surface area (Å²) in [6.45, 7) is 6.72. The van der Waals surface area contributed by atoms with Crippen molar-refractivity contribution < 1.29 is 14.4 Å². The van der Waals surface area contributed by atoms with Gasteiger partial charge in [0.05, 0.1) is 30.8 Å². The van der Waals surface area contributed by atoms with E-state index in [1.54, 1.807) is 6.92 Å². The molecule has 3 heterocycles. The Balaban J connectivity index is 1.12. The number of ether oxygens (including phenoxy) is 1. The third-order valence-electron chi connectivity index (χ3n) is 6.92. The molecule has 1 atom stereocenters. The van der Waals surface area contributed by atoms with E-state index in [-0.39, 0.29) is 0 Å². The first kappa shape index (κ1) is 25.1. The number of nitrogens with zero attached hydrogens (tertiary/aromatic N) is 4. The summed E-state index contributed by atoms with van der Waals surface area (Å²) in [6, 6.07) is 26.2. The highest BCUT2D eigenvalue weighted by atomic mass is 16.5. The highest BCUT2D eigenvalue weighted by molar-refractivity contribution is 5.76. The first-order valence-corrected chi connectivity index (χ1v) is 13.2. The Morgan fingerprint density at radius 2 is 1.59 bits per heavy atom. The van der Waals surface area contributed by atoms with Crippen LogP contribution in [0.15, 0.2) is 83.4 Å². The van der Waals surface area contributed by atoms with Crippen molar-refractivity contribution in [3.8, 4) is 23.2 Å². The zero-order valence-corrected chi connectivity index (χ0v) is 21.9. The first-order chi connectivity index (χ1) is 19.1. The molecule has 0 saturated carbocycles. The highest BCUT2D eigenvalue weighted by Gasteiger charge is 2.17. The van der Waals surface area contributed by atoms with E-state index in [2.05, 4.69) is 51.1 Å². The van der Waals surface area contributed by atoms with Gasteiger partial charge in [0.1, 0.15) is 17.6 Å². The van der Waals surface area contributed by atoms with Gasteiger partial charge in [0.2, 0.25) is 0 Å². The van der Waals surface area contributed by atoms with Gasteiger partial charge >= 0.3 is 0 Å². The van der Waals surface area contributed by atoms with E-state index in [1.807, 2.05) is 59.2 Å². The predicted molar refractivity (Wildman–Crippen MR) is 150 cm³/mol. The lowest BCUT2D eigenvalue weighted by Gasteiger charge is -2.26. The molecule has 0 radical (unpaired) electrons. The van der Waals surface area contributed by atoms with Crippen molar-refractivity contribution in [1.82, 2.24) is 19.6 Å². The fourth-order valence-electron chi connectivity index (χ4n) is 4.84. The predicted octanol–water partition coefficient (Wildman–Crippen LogP) is 5.02. The third-order valence-corrected chi connectivity index (χ3v) is 6.92. The molecule has 3 aromatic carbocycles. The molecule has 1 saturated heterocycles. The standard InChI is InChI=1S/C32H30N4O3/c1-23(37)32-33-29-4-2-3-5-30(29)36(32)22-28-20-31(39-34-28)27-14-12-25(13-15-27)7-6-24-8-10-26(11-9-24)21-35-16-18-38-19-17-35/h2-5,8-15,20,23,37H,16-19,21-22H2,1H3/t23-/m0/s1. The monoisotopic (exact) mass is 518 g/mol. The van der Waals surface area contributed by atoms with Crippen LogP contribution in [0.25, 0.3) is 22.4 Å². The van der Waals surface area contributed by atoms with Crippen molar-refractivity contribution in [3.63, 3.8) is 0 Å². The maximum atomic E-state index is 10.2. The minimum Gasteiger partial charge on any atom is -0.385 e. The van der Waals surface area contributed by atoms with Crippen LogP contribution >= 0.6 is 0 Å². The van der Waals surface area contributed by atoms with Gasteiger partial charge in [-0.3, -0.25) is 4.90 Å². The smallest absolute Gasteiger partial charge is 0.167 e. The summed E-state index contributed by atoms with van der Waals surface area (Å²) in [4.78, 5) is 7.00. The van der Waals surface area contributed by atoms with Gasteiger partial charge in [-0.15, -0.1) is 0 Å². The molecule has 0 amide bonds. The summed E-state index contributed by atoms with van der Waals surface area (Å²) >= 11 is 0. The van der Waals surface area contributed by atoms with E-state index in [0.717, 1.165) is 66.3 Å². The molecule has 6 rings (SSSR count). The maximum Gasteiger partial charge on any atom is 0.167 e. The van der Waals surface area contributed by atoms with Gasteiger partial charge in [-0.05, 0) is 61.0 Å². The van der Waals surface area contributed by atoms with Gasteiger partial charge < -0.3 is 18.9 Å². The summed E-state index contributed by atoms with van der Waals surface area (Å²) in [7, 11) is 0. The van der Waals surface area contributed by atoms with Crippen LogP contribution in [0.2, 0.25) is 0 Å². The van der Waals surface area contributed by atoms with Crippen molar-refractivity contribution in [2.45, 2.75) is 26.1 Å². The van der Waals surface area contributed by atoms with E-state index < -0.39 is 6.10 Å². The van der Waals surface area contributed by atoms with Crippen LogP contribution in [0.3, 0.4) is 0 Å². The SMILES string of the molecule is C[C@H](O)c1nc2ccccc2n1Cc1cc(-c2ccc(C#Cc3ccc(CN4CCOCC4)cc3)cc2)on1. The number of hydrogen-bond acceptors (Lipinski definition) is 6. The van der Waals surface area contributed by atoms with Crippen molar-refractivity contribution in [3.05, 3.63) is 107 Å². The lowest BCUT2D eigenvalue weighted by Crippen LogP contribution is -2.35. The van der Waals surface area contributed by atoms with E-state index in [0.29, 0.717) is 18.1 Å². The number of para-hydroxylation sites is 2. The first-order valence-electron chi connectivity index (χ1n) is 13.2. The molecule has 0 unspecified atom stereocenters. The summed E-state index contributed by atoms with van der Waals surface area (Å²) in [6.07, 6.45) is -0.689. The number of fused-ring (bicyclic) bond motifs is 1. The van der Waals surface area contributed by atoms with Crippen LogP contribution in [0.5, 0.6) is 0 Å². The minimum atomic E-state index is -0.689. The lowest BCUT2D eigenvalue weighted by atomic mass is 10.1. The summed E-state index contributed by atoms with van der Waals surface area (Å²) in [5.41, 5.74) is 6.71. The fourth-order valence-corrected chi connectivity index (χ4v) is 4.84. The molecule has 0 spiro atoms. The van der Waals surface area contributed by atoms with E-state index >= 15 is 0 Å². The van der Waals surface area contributed by atoms with Crippen LogP contribution in [-0.2, 0) is 17.8 Å². The number of aliphatic hydroxyl groups excluding tert-OH is 1. The molecule has 1 aliphatic heterocycles. The average molecular weight is 519 g/mol. The average Bonchev–Trinajstić information content (AvgIpc) is 3.59. The molecule has 39 heavy (non-hydrogen) atoms.